The van der Waals surface area contributed by atoms with Crippen molar-refractivity contribution in [1.29, 1.82) is 0 Å². The van der Waals surface area contributed by atoms with Crippen molar-refractivity contribution in [2.24, 2.45) is 0 Å². The summed E-state index contributed by atoms with van der Waals surface area (Å²) in [6.07, 6.45) is 0.816. The van der Waals surface area contributed by atoms with Crippen LogP contribution in [-0.2, 0) is 27.2 Å². The first kappa shape index (κ1) is 26.4. The van der Waals surface area contributed by atoms with Crippen molar-refractivity contribution in [1.82, 2.24) is 0 Å². The summed E-state index contributed by atoms with van der Waals surface area (Å²) < 4.78 is 22.1. The Hall–Kier alpha value is -3.71. The standard InChI is InChI=1S/C30H36N2O5/c1-3-35-29(30(33)34-2)21-24-8-6-9-25(20-24)31-22-23-12-14-26(15-13-23)36-18-7-16-32-17-19-37-28-11-5-4-10-27(28)32/h4-6,8-15,20,29,31H,3,7,16-19,21-22H2,1-2H3. The number of hydrogen-bond acceptors (Lipinski definition) is 7. The topological polar surface area (TPSA) is 69.3 Å². The molecule has 0 aromatic heterocycles. The van der Waals surface area contributed by atoms with Gasteiger partial charge in [-0.25, -0.2) is 4.79 Å². The fraction of sp³-hybridized carbons (Fsp3) is 0.367. The van der Waals surface area contributed by atoms with E-state index < -0.39 is 6.10 Å². The summed E-state index contributed by atoms with van der Waals surface area (Å²) in [5, 5.41) is 3.45. The van der Waals surface area contributed by atoms with Crippen LogP contribution in [0.15, 0.2) is 72.8 Å². The second-order valence-electron chi connectivity index (χ2n) is 8.87. The maximum absolute atomic E-state index is 11.9. The monoisotopic (exact) mass is 504 g/mol. The Kier molecular flexibility index (Phi) is 9.66. The molecule has 3 aromatic rings. The van der Waals surface area contributed by atoms with E-state index in [2.05, 4.69) is 28.4 Å². The molecule has 196 valence electrons. The number of fused-ring (bicyclic) bond motifs is 1. The van der Waals surface area contributed by atoms with E-state index in [-0.39, 0.29) is 5.97 Å². The summed E-state index contributed by atoms with van der Waals surface area (Å²) in [7, 11) is 1.38. The zero-order valence-corrected chi connectivity index (χ0v) is 21.7. The third-order valence-electron chi connectivity index (χ3n) is 6.27. The molecule has 1 aliphatic rings. The number of rotatable bonds is 13. The Bertz CT molecular complexity index is 1130. The molecule has 0 bridgehead atoms. The molecule has 0 spiro atoms. The second-order valence-corrected chi connectivity index (χ2v) is 8.87. The maximum Gasteiger partial charge on any atom is 0.335 e. The highest BCUT2D eigenvalue weighted by Crippen LogP contribution is 2.30. The van der Waals surface area contributed by atoms with Gasteiger partial charge in [0, 0.05) is 31.8 Å². The highest BCUT2D eigenvalue weighted by Gasteiger charge is 2.20. The minimum absolute atomic E-state index is 0.353. The van der Waals surface area contributed by atoms with Gasteiger partial charge in [-0.3, -0.25) is 0 Å². The van der Waals surface area contributed by atoms with Crippen LogP contribution in [0.4, 0.5) is 11.4 Å². The molecule has 1 atom stereocenters. The van der Waals surface area contributed by atoms with Crippen LogP contribution in [0.2, 0.25) is 0 Å². The van der Waals surface area contributed by atoms with Gasteiger partial charge in [-0.15, -0.1) is 0 Å². The third-order valence-corrected chi connectivity index (χ3v) is 6.27. The molecule has 0 saturated carbocycles. The lowest BCUT2D eigenvalue weighted by Gasteiger charge is -2.31. The number of nitrogens with zero attached hydrogens (tertiary/aromatic N) is 1. The quantitative estimate of drug-likeness (QED) is 0.257. The highest BCUT2D eigenvalue weighted by molar-refractivity contribution is 5.75. The van der Waals surface area contributed by atoms with Crippen LogP contribution in [0.25, 0.3) is 0 Å². The van der Waals surface area contributed by atoms with Gasteiger partial charge in [-0.05, 0) is 60.9 Å². The highest BCUT2D eigenvalue weighted by atomic mass is 16.6. The third kappa shape index (κ3) is 7.64. The lowest BCUT2D eigenvalue weighted by molar-refractivity contribution is -0.153. The molecule has 0 aliphatic carbocycles. The molecule has 4 rings (SSSR count). The van der Waals surface area contributed by atoms with E-state index in [1.54, 1.807) is 0 Å². The molecule has 1 N–H and O–H groups in total. The van der Waals surface area contributed by atoms with Crippen LogP contribution >= 0.6 is 0 Å². The lowest BCUT2D eigenvalue weighted by Crippen LogP contribution is -2.34. The molecule has 7 heteroatoms. The molecule has 0 amide bonds. The predicted octanol–water partition coefficient (Wildman–Crippen LogP) is 5.09. The van der Waals surface area contributed by atoms with Crippen molar-refractivity contribution in [3.63, 3.8) is 0 Å². The second kappa shape index (κ2) is 13.6. The van der Waals surface area contributed by atoms with Gasteiger partial charge in [0.1, 0.15) is 18.1 Å². The zero-order chi connectivity index (χ0) is 25.9. The molecule has 0 saturated heterocycles. The van der Waals surface area contributed by atoms with E-state index in [1.807, 2.05) is 61.5 Å². The van der Waals surface area contributed by atoms with Crippen molar-refractivity contribution in [3.05, 3.63) is 83.9 Å². The number of carbonyl (C=O) groups excluding carboxylic acids is 1. The van der Waals surface area contributed by atoms with Crippen molar-refractivity contribution in [2.45, 2.75) is 32.4 Å². The van der Waals surface area contributed by atoms with Crippen molar-refractivity contribution < 1.29 is 23.7 Å². The summed E-state index contributed by atoms with van der Waals surface area (Å²) in [5.41, 5.74) is 4.32. The Morgan fingerprint density at radius 2 is 1.89 bits per heavy atom. The normalized spacial score (nSPS) is 13.3. The smallest absolute Gasteiger partial charge is 0.335 e. The largest absolute Gasteiger partial charge is 0.494 e. The molecule has 1 aliphatic heterocycles. The molecule has 0 fully saturated rings. The van der Waals surface area contributed by atoms with Crippen molar-refractivity contribution in [2.75, 3.05) is 50.2 Å². The summed E-state index contributed by atoms with van der Waals surface area (Å²) in [6.45, 7) is 6.24. The van der Waals surface area contributed by atoms with E-state index in [9.17, 15) is 4.79 Å². The van der Waals surface area contributed by atoms with Crippen LogP contribution in [0.1, 0.15) is 24.5 Å². The Labute approximate surface area is 219 Å². The van der Waals surface area contributed by atoms with Crippen LogP contribution in [0, 0.1) is 0 Å². The minimum Gasteiger partial charge on any atom is -0.494 e. The van der Waals surface area contributed by atoms with Gasteiger partial charge in [-0.1, -0.05) is 36.4 Å². The molecule has 37 heavy (non-hydrogen) atoms. The van der Waals surface area contributed by atoms with Gasteiger partial charge in [0.15, 0.2) is 6.10 Å². The summed E-state index contributed by atoms with van der Waals surface area (Å²) in [4.78, 5) is 14.3. The average Bonchev–Trinajstić information content (AvgIpc) is 2.94. The van der Waals surface area contributed by atoms with Gasteiger partial charge in [-0.2, -0.15) is 0 Å². The van der Waals surface area contributed by atoms with Crippen LogP contribution in [-0.4, -0.2) is 52.1 Å². The van der Waals surface area contributed by atoms with E-state index in [0.717, 1.165) is 60.1 Å². The number of methoxy groups -OCH3 is 1. The number of anilines is 2. The lowest BCUT2D eigenvalue weighted by atomic mass is 10.1. The average molecular weight is 505 g/mol. The van der Waals surface area contributed by atoms with Crippen LogP contribution < -0.4 is 19.7 Å². The number of carbonyl (C=O) groups is 1. The fourth-order valence-electron chi connectivity index (χ4n) is 4.38. The van der Waals surface area contributed by atoms with Crippen molar-refractivity contribution in [3.8, 4) is 11.5 Å². The van der Waals surface area contributed by atoms with E-state index in [0.29, 0.717) is 26.2 Å². The molecular formula is C30H36N2O5. The first-order valence-electron chi connectivity index (χ1n) is 12.9. The van der Waals surface area contributed by atoms with E-state index in [4.69, 9.17) is 18.9 Å². The van der Waals surface area contributed by atoms with Crippen LogP contribution in [0.3, 0.4) is 0 Å². The number of esters is 1. The molecule has 3 aromatic carbocycles. The Morgan fingerprint density at radius 1 is 1.05 bits per heavy atom. The van der Waals surface area contributed by atoms with E-state index in [1.165, 1.54) is 7.11 Å². The number of ether oxygens (including phenoxy) is 4. The summed E-state index contributed by atoms with van der Waals surface area (Å²) in [5.74, 6) is 1.48. The minimum atomic E-state index is -0.595. The van der Waals surface area contributed by atoms with Gasteiger partial charge in [0.05, 0.1) is 25.9 Å². The molecule has 1 heterocycles. The SMILES string of the molecule is CCOC(Cc1cccc(NCc2ccc(OCCCN3CCOc4ccccc43)cc2)c1)C(=O)OC. The number of nitrogens with one attached hydrogen (secondary N) is 1. The van der Waals surface area contributed by atoms with Gasteiger partial charge in [0.2, 0.25) is 0 Å². The predicted molar refractivity (Wildman–Crippen MR) is 146 cm³/mol. The van der Waals surface area contributed by atoms with Gasteiger partial charge >= 0.3 is 5.97 Å². The fourth-order valence-corrected chi connectivity index (χ4v) is 4.38. The van der Waals surface area contributed by atoms with Crippen molar-refractivity contribution >= 4 is 17.3 Å². The molecule has 0 radical (unpaired) electrons. The van der Waals surface area contributed by atoms with Gasteiger partial charge in [0.25, 0.3) is 0 Å². The number of benzene rings is 3. The van der Waals surface area contributed by atoms with Crippen LogP contribution in [0.5, 0.6) is 11.5 Å². The molecular weight excluding hydrogens is 468 g/mol. The van der Waals surface area contributed by atoms with Gasteiger partial charge < -0.3 is 29.2 Å². The zero-order valence-electron chi connectivity index (χ0n) is 21.7. The van der Waals surface area contributed by atoms with E-state index >= 15 is 0 Å². The first-order chi connectivity index (χ1) is 18.2. The molecule has 7 nitrogen and oxygen atoms in total. The maximum atomic E-state index is 11.9. The summed E-state index contributed by atoms with van der Waals surface area (Å²) in [6, 6.07) is 24.4. The first-order valence-corrected chi connectivity index (χ1v) is 12.9. The molecule has 1 unspecified atom stereocenters. The Morgan fingerprint density at radius 3 is 2.70 bits per heavy atom. The summed E-state index contributed by atoms with van der Waals surface area (Å²) >= 11 is 0. The number of para-hydroxylation sites is 2. The Balaban J connectivity index is 1.21. The number of hydrogen-bond donors (Lipinski definition) is 1.